The van der Waals surface area contributed by atoms with E-state index < -0.39 is 5.56 Å². The van der Waals surface area contributed by atoms with E-state index in [9.17, 15) is 14.9 Å². The lowest BCUT2D eigenvalue weighted by Crippen LogP contribution is -2.31. The summed E-state index contributed by atoms with van der Waals surface area (Å²) in [5.41, 5.74) is 1.81. The Morgan fingerprint density at radius 1 is 0.906 bits per heavy atom. The SMILES string of the molecule is COc1ccc([C@@H]2CC(=O)c3cc(C#N)c(=O)n(-c4ccccc4OC)c3C2)cc1OC. The number of carbonyl (C=O) groups is 1. The maximum absolute atomic E-state index is 13.2. The smallest absolute Gasteiger partial charge is 0.273 e. The summed E-state index contributed by atoms with van der Waals surface area (Å²) in [7, 11) is 4.64. The van der Waals surface area contributed by atoms with Crippen LogP contribution in [0.15, 0.2) is 53.3 Å². The van der Waals surface area contributed by atoms with Crippen LogP contribution in [0, 0.1) is 11.3 Å². The number of para-hydroxylation sites is 2. The van der Waals surface area contributed by atoms with Gasteiger partial charge in [-0.1, -0.05) is 18.2 Å². The molecule has 0 unspecified atom stereocenters. The van der Waals surface area contributed by atoms with Gasteiger partial charge >= 0.3 is 0 Å². The molecule has 162 valence electrons. The summed E-state index contributed by atoms with van der Waals surface area (Å²) in [5, 5.41) is 9.51. The summed E-state index contributed by atoms with van der Waals surface area (Å²) in [6.07, 6.45) is 0.701. The molecule has 0 saturated heterocycles. The maximum atomic E-state index is 13.2. The first-order valence-corrected chi connectivity index (χ1v) is 10.1. The minimum Gasteiger partial charge on any atom is -0.495 e. The van der Waals surface area contributed by atoms with Gasteiger partial charge < -0.3 is 14.2 Å². The summed E-state index contributed by atoms with van der Waals surface area (Å²) >= 11 is 0. The van der Waals surface area contributed by atoms with Gasteiger partial charge in [-0.05, 0) is 48.2 Å². The number of pyridine rings is 1. The first-order valence-electron chi connectivity index (χ1n) is 10.1. The van der Waals surface area contributed by atoms with Crippen LogP contribution in [0.5, 0.6) is 17.2 Å². The van der Waals surface area contributed by atoms with Gasteiger partial charge in [0.05, 0.1) is 27.0 Å². The number of ether oxygens (including phenoxy) is 3. The van der Waals surface area contributed by atoms with E-state index in [4.69, 9.17) is 14.2 Å². The molecule has 0 aliphatic heterocycles. The minimum absolute atomic E-state index is 0.0763. The van der Waals surface area contributed by atoms with Gasteiger partial charge in [-0.3, -0.25) is 14.2 Å². The second-order valence-electron chi connectivity index (χ2n) is 7.49. The number of aromatic nitrogens is 1. The summed E-state index contributed by atoms with van der Waals surface area (Å²) in [6.45, 7) is 0. The van der Waals surface area contributed by atoms with Crippen LogP contribution < -0.4 is 19.8 Å². The fraction of sp³-hybridized carbons (Fsp3) is 0.240. The van der Waals surface area contributed by atoms with Crippen LogP contribution in [0.25, 0.3) is 5.69 Å². The summed E-state index contributed by atoms with van der Waals surface area (Å²) < 4.78 is 17.6. The molecular weight excluding hydrogens is 408 g/mol. The van der Waals surface area contributed by atoms with Crippen molar-refractivity contribution >= 4 is 5.78 Å². The number of nitrogens with zero attached hydrogens (tertiary/aromatic N) is 2. The molecular formula is C25H22N2O5. The van der Waals surface area contributed by atoms with Crippen molar-refractivity contribution in [2.24, 2.45) is 0 Å². The molecule has 1 aromatic heterocycles. The molecule has 1 atom stereocenters. The molecule has 7 heteroatoms. The highest BCUT2D eigenvalue weighted by Gasteiger charge is 2.31. The van der Waals surface area contributed by atoms with Crippen molar-refractivity contribution in [2.45, 2.75) is 18.8 Å². The normalized spacial score (nSPS) is 14.9. The number of benzene rings is 2. The van der Waals surface area contributed by atoms with E-state index in [-0.39, 0.29) is 23.7 Å². The highest BCUT2D eigenvalue weighted by Crippen LogP contribution is 2.38. The van der Waals surface area contributed by atoms with Gasteiger partial charge in [0.2, 0.25) is 0 Å². The lowest BCUT2D eigenvalue weighted by molar-refractivity contribution is 0.0962. The van der Waals surface area contributed by atoms with Gasteiger partial charge in [0.25, 0.3) is 5.56 Å². The lowest BCUT2D eigenvalue weighted by atomic mass is 9.81. The second kappa shape index (κ2) is 8.60. The largest absolute Gasteiger partial charge is 0.495 e. The van der Waals surface area contributed by atoms with E-state index in [2.05, 4.69) is 0 Å². The Bertz CT molecular complexity index is 1300. The molecule has 2 aromatic carbocycles. The molecule has 32 heavy (non-hydrogen) atoms. The third kappa shape index (κ3) is 3.50. The standard InChI is InChI=1S/C25H22N2O5/c1-30-22-7-5-4-6-19(22)27-20-11-16(15-8-9-23(31-2)24(13-15)32-3)12-21(28)18(20)10-17(14-26)25(27)29/h4-10,13,16H,11-12H2,1-3H3/t16-/m0/s1. The number of fused-ring (bicyclic) bond motifs is 1. The topological polar surface area (TPSA) is 90.6 Å². The van der Waals surface area contributed by atoms with Crippen molar-refractivity contribution in [2.75, 3.05) is 21.3 Å². The Kier molecular flexibility index (Phi) is 5.69. The number of ketones is 1. The van der Waals surface area contributed by atoms with Crippen molar-refractivity contribution < 1.29 is 19.0 Å². The van der Waals surface area contributed by atoms with E-state index >= 15 is 0 Å². The van der Waals surface area contributed by atoms with Crippen LogP contribution in [0.2, 0.25) is 0 Å². The molecule has 0 radical (unpaired) electrons. The summed E-state index contributed by atoms with van der Waals surface area (Å²) in [6, 6.07) is 16.0. The van der Waals surface area contributed by atoms with Crippen LogP contribution in [0.3, 0.4) is 0 Å². The van der Waals surface area contributed by atoms with Gasteiger partial charge in [0, 0.05) is 17.7 Å². The molecule has 1 aliphatic rings. The lowest BCUT2D eigenvalue weighted by Gasteiger charge is -2.28. The van der Waals surface area contributed by atoms with Crippen molar-refractivity contribution in [3.05, 3.63) is 81.3 Å². The number of rotatable bonds is 5. The van der Waals surface area contributed by atoms with Crippen molar-refractivity contribution in [3.63, 3.8) is 0 Å². The zero-order chi connectivity index (χ0) is 22.8. The number of nitriles is 1. The molecule has 0 spiro atoms. The van der Waals surface area contributed by atoms with Crippen LogP contribution >= 0.6 is 0 Å². The van der Waals surface area contributed by atoms with Crippen molar-refractivity contribution in [1.29, 1.82) is 5.26 Å². The van der Waals surface area contributed by atoms with Gasteiger partial charge in [0.1, 0.15) is 17.4 Å². The molecule has 4 rings (SSSR count). The maximum Gasteiger partial charge on any atom is 0.273 e. The molecule has 1 aliphatic carbocycles. The average molecular weight is 430 g/mol. The number of hydrogen-bond acceptors (Lipinski definition) is 6. The van der Waals surface area contributed by atoms with Gasteiger partial charge in [-0.15, -0.1) is 0 Å². The molecule has 0 saturated carbocycles. The van der Waals surface area contributed by atoms with Crippen LogP contribution in [-0.4, -0.2) is 31.7 Å². The van der Waals surface area contributed by atoms with E-state index in [1.165, 1.54) is 17.7 Å². The van der Waals surface area contributed by atoms with E-state index in [1.54, 1.807) is 44.6 Å². The number of methoxy groups -OCH3 is 3. The summed E-state index contributed by atoms with van der Waals surface area (Å²) in [5.74, 6) is 1.37. The Labute approximate surface area is 185 Å². The fourth-order valence-corrected chi connectivity index (χ4v) is 4.23. The quantitative estimate of drug-likeness (QED) is 0.614. The second-order valence-corrected chi connectivity index (χ2v) is 7.49. The molecule has 0 N–H and O–H groups in total. The Hall–Kier alpha value is -4.05. The van der Waals surface area contributed by atoms with E-state index in [0.717, 1.165) is 5.56 Å². The monoisotopic (exact) mass is 430 g/mol. The molecule has 0 amide bonds. The molecule has 1 heterocycles. The molecule has 7 nitrogen and oxygen atoms in total. The highest BCUT2D eigenvalue weighted by molar-refractivity contribution is 5.99. The Morgan fingerprint density at radius 2 is 1.62 bits per heavy atom. The van der Waals surface area contributed by atoms with E-state index in [0.29, 0.717) is 40.6 Å². The molecule has 0 bridgehead atoms. The zero-order valence-electron chi connectivity index (χ0n) is 18.0. The van der Waals surface area contributed by atoms with Crippen molar-refractivity contribution in [3.8, 4) is 29.0 Å². The predicted octanol–water partition coefficient (Wildman–Crippen LogP) is 3.65. The Morgan fingerprint density at radius 3 is 2.31 bits per heavy atom. The first kappa shape index (κ1) is 21.2. The zero-order valence-corrected chi connectivity index (χ0v) is 18.0. The van der Waals surface area contributed by atoms with Gasteiger partial charge in [-0.25, -0.2) is 0 Å². The fourth-order valence-electron chi connectivity index (χ4n) is 4.23. The number of Topliss-reactive ketones (excluding diaryl/α,β-unsaturated/α-hetero) is 1. The minimum atomic E-state index is -0.475. The highest BCUT2D eigenvalue weighted by atomic mass is 16.5. The van der Waals surface area contributed by atoms with Crippen molar-refractivity contribution in [1.82, 2.24) is 4.57 Å². The average Bonchev–Trinajstić information content (AvgIpc) is 2.83. The third-order valence-electron chi connectivity index (χ3n) is 5.80. The molecule has 0 fully saturated rings. The van der Waals surface area contributed by atoms with Crippen LogP contribution in [0.4, 0.5) is 0 Å². The van der Waals surface area contributed by atoms with Gasteiger partial charge in [0.15, 0.2) is 17.3 Å². The molecule has 3 aromatic rings. The van der Waals surface area contributed by atoms with Gasteiger partial charge in [-0.2, -0.15) is 5.26 Å². The summed E-state index contributed by atoms with van der Waals surface area (Å²) in [4.78, 5) is 26.4. The predicted molar refractivity (Wildman–Crippen MR) is 118 cm³/mol. The van der Waals surface area contributed by atoms with E-state index in [1.807, 2.05) is 18.2 Å². The van der Waals surface area contributed by atoms with Crippen LogP contribution in [0.1, 0.15) is 39.5 Å². The Balaban J connectivity index is 1.91. The van der Waals surface area contributed by atoms with Crippen LogP contribution in [-0.2, 0) is 6.42 Å². The third-order valence-corrected chi connectivity index (χ3v) is 5.80. The number of hydrogen-bond donors (Lipinski definition) is 0. The number of carbonyl (C=O) groups excluding carboxylic acids is 1. The first-order chi connectivity index (χ1) is 15.5.